The average Bonchev–Trinajstić information content (AvgIpc) is 2.15. The van der Waals surface area contributed by atoms with Crippen molar-refractivity contribution in [2.24, 2.45) is 10.7 Å². The molecule has 0 aliphatic rings. The summed E-state index contributed by atoms with van der Waals surface area (Å²) in [5, 5.41) is 5.29. The van der Waals surface area contributed by atoms with Crippen LogP contribution in [0, 0.1) is 0 Å². The number of carbonyl (C=O) groups is 1. The van der Waals surface area contributed by atoms with Crippen LogP contribution < -0.4 is 16.4 Å². The molecule has 0 aliphatic heterocycles. The van der Waals surface area contributed by atoms with E-state index in [1.807, 2.05) is 0 Å². The highest BCUT2D eigenvalue weighted by Gasteiger charge is 2.03. The molecule has 5 nitrogen and oxygen atoms in total. The van der Waals surface area contributed by atoms with E-state index >= 15 is 0 Å². The van der Waals surface area contributed by atoms with Gasteiger partial charge in [-0.1, -0.05) is 6.58 Å². The van der Waals surface area contributed by atoms with Crippen molar-refractivity contribution >= 4 is 12.1 Å². The molecule has 0 saturated carbocycles. The number of rotatable bonds is 5. The summed E-state index contributed by atoms with van der Waals surface area (Å²) >= 11 is 0. The maximum absolute atomic E-state index is 11.2. The van der Waals surface area contributed by atoms with Crippen molar-refractivity contribution in [2.75, 3.05) is 13.6 Å². The monoisotopic (exact) mass is 196 g/mol. The minimum Gasteiger partial charge on any atom is -0.382 e. The molecule has 0 aliphatic carbocycles. The predicted octanol–water partition coefficient (Wildman–Crippen LogP) is -0.273. The van der Waals surface area contributed by atoms with E-state index in [4.69, 9.17) is 5.73 Å². The molecule has 78 valence electrons. The molecule has 0 aromatic rings. The van der Waals surface area contributed by atoms with E-state index in [1.54, 1.807) is 20.2 Å². The van der Waals surface area contributed by atoms with E-state index in [0.29, 0.717) is 5.70 Å². The summed E-state index contributed by atoms with van der Waals surface area (Å²) in [5.41, 5.74) is 5.98. The van der Waals surface area contributed by atoms with Crippen molar-refractivity contribution in [1.82, 2.24) is 10.6 Å². The van der Waals surface area contributed by atoms with E-state index in [-0.39, 0.29) is 18.3 Å². The first kappa shape index (κ1) is 12.4. The molecule has 1 amide bonds. The minimum atomic E-state index is -0.184. The first-order valence-electron chi connectivity index (χ1n) is 4.21. The van der Waals surface area contributed by atoms with Crippen LogP contribution in [0.25, 0.3) is 0 Å². The molecule has 14 heavy (non-hydrogen) atoms. The molecule has 0 radical (unpaired) electrons. The van der Waals surface area contributed by atoms with Gasteiger partial charge in [0.15, 0.2) is 0 Å². The first-order valence-corrected chi connectivity index (χ1v) is 4.21. The lowest BCUT2D eigenvalue weighted by Gasteiger charge is -2.06. The van der Waals surface area contributed by atoms with E-state index in [1.165, 1.54) is 6.08 Å². The second kappa shape index (κ2) is 6.85. The predicted molar refractivity (Wildman–Crippen MR) is 57.6 cm³/mol. The van der Waals surface area contributed by atoms with E-state index in [2.05, 4.69) is 22.2 Å². The Morgan fingerprint density at radius 1 is 1.64 bits per heavy atom. The fourth-order valence-corrected chi connectivity index (χ4v) is 0.783. The number of likely N-dealkylation sites (N-methyl/N-ethyl adjacent to an activating group) is 1. The zero-order valence-electron chi connectivity index (χ0n) is 8.50. The van der Waals surface area contributed by atoms with Gasteiger partial charge in [0.2, 0.25) is 5.91 Å². The van der Waals surface area contributed by atoms with Crippen molar-refractivity contribution in [3.63, 3.8) is 0 Å². The number of nitrogens with two attached hydrogens (primary N) is 1. The molecule has 5 heteroatoms. The van der Waals surface area contributed by atoms with Crippen LogP contribution in [0.15, 0.2) is 29.2 Å². The third kappa shape index (κ3) is 4.42. The fraction of sp³-hybridized carbons (Fsp3) is 0.333. The lowest BCUT2D eigenvalue weighted by molar-refractivity contribution is -0.119. The second-order valence-corrected chi connectivity index (χ2v) is 2.47. The number of carbonyl (C=O) groups excluding carboxylic acids is 1. The molecule has 0 bridgehead atoms. The lowest BCUT2D eigenvalue weighted by Crippen LogP contribution is -2.32. The van der Waals surface area contributed by atoms with Crippen LogP contribution in [0.1, 0.15) is 6.92 Å². The van der Waals surface area contributed by atoms with Crippen molar-refractivity contribution in [2.45, 2.75) is 6.92 Å². The largest absolute Gasteiger partial charge is 0.382 e. The van der Waals surface area contributed by atoms with Gasteiger partial charge in [0.05, 0.1) is 12.2 Å². The Hall–Kier alpha value is -1.62. The molecule has 4 N–H and O–H groups in total. The van der Waals surface area contributed by atoms with Crippen LogP contribution in [0.3, 0.4) is 0 Å². The minimum absolute atomic E-state index is 0.184. The van der Waals surface area contributed by atoms with Gasteiger partial charge in [-0.05, 0) is 20.0 Å². The van der Waals surface area contributed by atoms with Gasteiger partial charge in [-0.25, -0.2) is 4.99 Å². The molecule has 0 aromatic heterocycles. The Morgan fingerprint density at radius 2 is 2.29 bits per heavy atom. The van der Waals surface area contributed by atoms with Gasteiger partial charge in [-0.15, -0.1) is 0 Å². The maximum Gasteiger partial charge on any atom is 0.238 e. The third-order valence-corrected chi connectivity index (χ3v) is 1.36. The molecule has 0 rings (SSSR count). The molecule has 0 fully saturated rings. The number of allylic oxidation sites excluding steroid dienone is 1. The summed E-state index contributed by atoms with van der Waals surface area (Å²) in [6, 6.07) is 0. The number of nitrogens with zero attached hydrogens (tertiary/aromatic N) is 1. The summed E-state index contributed by atoms with van der Waals surface area (Å²) in [7, 11) is 1.68. The number of nitrogens with one attached hydrogen (secondary N) is 2. The lowest BCUT2D eigenvalue weighted by atomic mass is 10.4. The van der Waals surface area contributed by atoms with Crippen molar-refractivity contribution in [1.29, 1.82) is 0 Å². The average molecular weight is 196 g/mol. The third-order valence-electron chi connectivity index (χ3n) is 1.36. The molecule has 0 atom stereocenters. The highest BCUT2D eigenvalue weighted by Crippen LogP contribution is 1.96. The van der Waals surface area contributed by atoms with Crippen LogP contribution in [0.2, 0.25) is 0 Å². The zero-order chi connectivity index (χ0) is 11.0. The highest BCUT2D eigenvalue weighted by molar-refractivity contribution is 5.80. The van der Waals surface area contributed by atoms with Gasteiger partial charge < -0.3 is 16.4 Å². The SMILES string of the molecule is C=C/C(NC(=O)CNC)=C(N)\N=C/C. The number of hydrogen-bond acceptors (Lipinski definition) is 4. The van der Waals surface area contributed by atoms with Crippen LogP contribution >= 0.6 is 0 Å². The van der Waals surface area contributed by atoms with Gasteiger partial charge in [0.1, 0.15) is 5.82 Å². The van der Waals surface area contributed by atoms with Crippen molar-refractivity contribution < 1.29 is 4.79 Å². The highest BCUT2D eigenvalue weighted by atomic mass is 16.1. The molecule has 0 heterocycles. The molecular formula is C9H16N4O. The smallest absolute Gasteiger partial charge is 0.238 e. The summed E-state index contributed by atoms with van der Waals surface area (Å²) in [6.45, 7) is 5.49. The molecule has 0 saturated heterocycles. The Labute approximate surface area is 83.8 Å². The summed E-state index contributed by atoms with van der Waals surface area (Å²) < 4.78 is 0. The van der Waals surface area contributed by atoms with Gasteiger partial charge in [-0.3, -0.25) is 4.79 Å². The Bertz CT molecular complexity index is 268. The van der Waals surface area contributed by atoms with E-state index in [0.717, 1.165) is 0 Å². The fourth-order valence-electron chi connectivity index (χ4n) is 0.783. The van der Waals surface area contributed by atoms with Crippen molar-refractivity contribution in [3.8, 4) is 0 Å². The van der Waals surface area contributed by atoms with Gasteiger partial charge in [-0.2, -0.15) is 0 Å². The van der Waals surface area contributed by atoms with Gasteiger partial charge in [0.25, 0.3) is 0 Å². The molecular weight excluding hydrogens is 180 g/mol. The van der Waals surface area contributed by atoms with Gasteiger partial charge >= 0.3 is 0 Å². The number of hydrogen-bond donors (Lipinski definition) is 3. The Balaban J connectivity index is 4.50. The Kier molecular flexibility index (Phi) is 6.06. The topological polar surface area (TPSA) is 79.5 Å². The normalized spacial score (nSPS) is 12.4. The van der Waals surface area contributed by atoms with E-state index < -0.39 is 0 Å². The molecule has 0 aromatic carbocycles. The second-order valence-electron chi connectivity index (χ2n) is 2.47. The van der Waals surface area contributed by atoms with Crippen LogP contribution in [0.5, 0.6) is 0 Å². The zero-order valence-corrected chi connectivity index (χ0v) is 8.50. The maximum atomic E-state index is 11.2. The Morgan fingerprint density at radius 3 is 2.71 bits per heavy atom. The van der Waals surface area contributed by atoms with Crippen LogP contribution in [-0.4, -0.2) is 25.7 Å². The van der Waals surface area contributed by atoms with Crippen LogP contribution in [0.4, 0.5) is 0 Å². The standard InChI is InChI=1S/C9H16N4O/c1-4-7(9(10)12-5-2)13-8(14)6-11-3/h4-5,11H,1,6,10H2,2-3H3,(H,13,14)/b9-7+,12-5-. The summed E-state index contributed by atoms with van der Waals surface area (Å²) in [4.78, 5) is 15.0. The van der Waals surface area contributed by atoms with Crippen LogP contribution in [-0.2, 0) is 4.79 Å². The van der Waals surface area contributed by atoms with Gasteiger partial charge in [0, 0.05) is 6.21 Å². The summed E-state index contributed by atoms with van der Waals surface area (Å²) in [6.07, 6.45) is 3.00. The van der Waals surface area contributed by atoms with Crippen molar-refractivity contribution in [3.05, 3.63) is 24.2 Å². The first-order chi connectivity index (χ1) is 6.65. The molecule has 0 unspecified atom stereocenters. The molecule has 0 spiro atoms. The number of aliphatic imine (C=N–C) groups is 1. The van der Waals surface area contributed by atoms with E-state index in [9.17, 15) is 4.79 Å². The number of amides is 1. The summed E-state index contributed by atoms with van der Waals surface area (Å²) in [5.74, 6) is 0.0589. The quantitative estimate of drug-likeness (QED) is 0.418.